The minimum Gasteiger partial charge on any atom is -0.493 e. The number of likely N-dealkylation sites (tertiary alicyclic amines) is 1. The Kier molecular flexibility index (Phi) is 5.06. The van der Waals surface area contributed by atoms with Crippen molar-refractivity contribution in [1.82, 2.24) is 9.80 Å². The number of rotatable bonds is 5. The number of carbonyl (C=O) groups is 1. The van der Waals surface area contributed by atoms with Crippen molar-refractivity contribution in [3.8, 4) is 17.2 Å². The van der Waals surface area contributed by atoms with E-state index in [9.17, 15) is 4.79 Å². The summed E-state index contributed by atoms with van der Waals surface area (Å²) in [4.78, 5) is 17.7. The summed E-state index contributed by atoms with van der Waals surface area (Å²) in [6.45, 7) is 5.52. The first-order chi connectivity index (χ1) is 14.2. The van der Waals surface area contributed by atoms with Crippen LogP contribution < -0.4 is 14.2 Å². The van der Waals surface area contributed by atoms with E-state index in [-0.39, 0.29) is 6.79 Å². The number of piperidine rings is 3. The van der Waals surface area contributed by atoms with E-state index in [1.165, 1.54) is 18.4 Å². The van der Waals surface area contributed by atoms with Crippen molar-refractivity contribution in [2.24, 2.45) is 11.8 Å². The third-order valence-electron chi connectivity index (χ3n) is 7.28. The van der Waals surface area contributed by atoms with Gasteiger partial charge in [0.05, 0.1) is 7.11 Å². The second-order valence-corrected chi connectivity index (χ2v) is 9.10. The number of benzene rings is 1. The van der Waals surface area contributed by atoms with Crippen LogP contribution in [0.4, 0.5) is 0 Å². The van der Waals surface area contributed by atoms with Crippen LogP contribution in [0.25, 0.3) is 0 Å². The number of methoxy groups -OCH3 is 1. The molecule has 4 aliphatic rings. The summed E-state index contributed by atoms with van der Waals surface area (Å²) < 4.78 is 16.7. The second-order valence-electron chi connectivity index (χ2n) is 9.10. The molecule has 1 amide bonds. The minimum absolute atomic E-state index is 0.257. The largest absolute Gasteiger partial charge is 0.493 e. The number of hydrogen-bond donors (Lipinski definition) is 0. The number of ether oxygens (including phenoxy) is 3. The van der Waals surface area contributed by atoms with Crippen molar-refractivity contribution < 1.29 is 19.0 Å². The van der Waals surface area contributed by atoms with Gasteiger partial charge in [0.1, 0.15) is 0 Å². The summed E-state index contributed by atoms with van der Waals surface area (Å²) in [5, 5.41) is 0. The molecular weight excluding hydrogens is 368 g/mol. The molecule has 5 rings (SSSR count). The molecule has 6 nitrogen and oxygen atoms in total. The van der Waals surface area contributed by atoms with E-state index in [4.69, 9.17) is 14.2 Å². The Morgan fingerprint density at radius 3 is 2.90 bits per heavy atom. The molecule has 4 atom stereocenters. The van der Waals surface area contributed by atoms with E-state index in [2.05, 4.69) is 28.9 Å². The summed E-state index contributed by atoms with van der Waals surface area (Å²) in [6, 6.07) is 5.04. The van der Waals surface area contributed by atoms with Crippen LogP contribution in [0, 0.1) is 11.8 Å². The van der Waals surface area contributed by atoms with Crippen molar-refractivity contribution in [2.45, 2.75) is 64.1 Å². The first-order valence-corrected chi connectivity index (χ1v) is 11.2. The fourth-order valence-electron chi connectivity index (χ4n) is 6.20. The molecule has 6 heteroatoms. The van der Waals surface area contributed by atoms with Crippen molar-refractivity contribution >= 4 is 5.91 Å². The molecule has 0 aromatic heterocycles. The van der Waals surface area contributed by atoms with E-state index in [1.807, 2.05) is 0 Å². The van der Waals surface area contributed by atoms with E-state index >= 15 is 0 Å². The Labute approximate surface area is 173 Å². The summed E-state index contributed by atoms with van der Waals surface area (Å²) >= 11 is 0. The molecule has 0 unspecified atom stereocenters. The Morgan fingerprint density at radius 1 is 1.21 bits per heavy atom. The molecule has 0 radical (unpaired) electrons. The molecule has 1 aromatic rings. The molecular formula is C23H32N2O4. The molecule has 2 bridgehead atoms. The summed E-state index contributed by atoms with van der Waals surface area (Å²) in [5.74, 6) is 3.84. The fourth-order valence-corrected chi connectivity index (χ4v) is 6.20. The van der Waals surface area contributed by atoms with Crippen LogP contribution in [0.5, 0.6) is 17.2 Å². The van der Waals surface area contributed by atoms with Gasteiger partial charge in [0.25, 0.3) is 0 Å². The third kappa shape index (κ3) is 3.35. The lowest BCUT2D eigenvalue weighted by molar-refractivity contribution is -0.153. The Hall–Kier alpha value is -1.95. The maximum absolute atomic E-state index is 12.8. The van der Waals surface area contributed by atoms with Gasteiger partial charge < -0.3 is 19.1 Å². The zero-order valence-electron chi connectivity index (χ0n) is 17.6. The normalized spacial score (nSPS) is 31.0. The molecule has 0 saturated carbocycles. The van der Waals surface area contributed by atoms with Crippen LogP contribution in [-0.4, -0.2) is 54.8 Å². The van der Waals surface area contributed by atoms with Gasteiger partial charge >= 0.3 is 0 Å². The molecule has 0 N–H and O–H groups in total. The number of fused-ring (bicyclic) bond motifs is 5. The van der Waals surface area contributed by atoms with Gasteiger partial charge in [0.15, 0.2) is 11.5 Å². The zero-order chi connectivity index (χ0) is 20.0. The number of amides is 1. The van der Waals surface area contributed by atoms with E-state index in [0.717, 1.165) is 56.8 Å². The van der Waals surface area contributed by atoms with Crippen LogP contribution in [0.1, 0.15) is 51.0 Å². The molecule has 158 valence electrons. The predicted molar refractivity (Wildman–Crippen MR) is 109 cm³/mol. The third-order valence-corrected chi connectivity index (χ3v) is 7.28. The maximum atomic E-state index is 12.8. The smallest absolute Gasteiger partial charge is 0.231 e. The molecule has 4 aliphatic heterocycles. The summed E-state index contributed by atoms with van der Waals surface area (Å²) in [5.41, 5.74) is 1.20. The maximum Gasteiger partial charge on any atom is 0.231 e. The van der Waals surface area contributed by atoms with Gasteiger partial charge in [-0.3, -0.25) is 9.69 Å². The predicted octanol–water partition coefficient (Wildman–Crippen LogP) is 3.43. The highest BCUT2D eigenvalue weighted by molar-refractivity contribution is 5.78. The molecule has 4 heterocycles. The Bertz CT molecular complexity index is 782. The van der Waals surface area contributed by atoms with Crippen LogP contribution in [0.3, 0.4) is 0 Å². The lowest BCUT2D eigenvalue weighted by atomic mass is 9.71. The topological polar surface area (TPSA) is 51.2 Å². The number of carbonyl (C=O) groups excluding carboxylic acids is 1. The Balaban J connectivity index is 1.37. The minimum atomic E-state index is 0.257. The Morgan fingerprint density at radius 2 is 2.07 bits per heavy atom. The quantitative estimate of drug-likeness (QED) is 0.758. The van der Waals surface area contributed by atoms with Crippen molar-refractivity contribution in [2.75, 3.05) is 27.0 Å². The average molecular weight is 401 g/mol. The standard InChI is InChI=1S/C23H32N2O4/c1-3-5-18-16-10-17(19-6-4-7-22(26)25(18)19)13-24(12-16)11-15-8-20(27-2)23-21(9-15)28-14-29-23/h8-9,16-19H,3-7,10-14H2,1-2H3/t16-,17+,18-,19-/m0/s1. The molecule has 1 aromatic carbocycles. The highest BCUT2D eigenvalue weighted by Gasteiger charge is 2.48. The molecule has 0 spiro atoms. The van der Waals surface area contributed by atoms with E-state index in [0.29, 0.717) is 35.6 Å². The number of hydrogen-bond acceptors (Lipinski definition) is 5. The van der Waals surface area contributed by atoms with Gasteiger partial charge in [-0.25, -0.2) is 0 Å². The monoisotopic (exact) mass is 400 g/mol. The van der Waals surface area contributed by atoms with Gasteiger partial charge in [-0.1, -0.05) is 13.3 Å². The van der Waals surface area contributed by atoms with Crippen LogP contribution in [0.15, 0.2) is 12.1 Å². The molecule has 29 heavy (non-hydrogen) atoms. The van der Waals surface area contributed by atoms with Crippen LogP contribution >= 0.6 is 0 Å². The van der Waals surface area contributed by atoms with Crippen molar-refractivity contribution in [1.29, 1.82) is 0 Å². The summed E-state index contributed by atoms with van der Waals surface area (Å²) in [7, 11) is 1.68. The van der Waals surface area contributed by atoms with Gasteiger partial charge in [-0.2, -0.15) is 0 Å². The van der Waals surface area contributed by atoms with Crippen LogP contribution in [0.2, 0.25) is 0 Å². The van der Waals surface area contributed by atoms with Crippen LogP contribution in [-0.2, 0) is 11.3 Å². The SMILES string of the molecule is CCC[C@H]1[C@H]2C[C@H](CN(Cc3cc(OC)c4c(c3)OCO4)C2)[C@@H]2CCCC(=O)N21. The number of nitrogens with zero attached hydrogens (tertiary/aromatic N) is 2. The fraction of sp³-hybridized carbons (Fsp3) is 0.696. The summed E-state index contributed by atoms with van der Waals surface area (Å²) in [6.07, 6.45) is 6.53. The van der Waals surface area contributed by atoms with Crippen molar-refractivity contribution in [3.05, 3.63) is 17.7 Å². The van der Waals surface area contributed by atoms with Gasteiger partial charge in [-0.15, -0.1) is 0 Å². The molecule has 3 saturated heterocycles. The second kappa shape index (κ2) is 7.71. The van der Waals surface area contributed by atoms with Gasteiger partial charge in [0, 0.05) is 38.1 Å². The van der Waals surface area contributed by atoms with E-state index < -0.39 is 0 Å². The lowest BCUT2D eigenvalue weighted by Gasteiger charge is -2.57. The highest BCUT2D eigenvalue weighted by atomic mass is 16.7. The first kappa shape index (κ1) is 19.0. The highest BCUT2D eigenvalue weighted by Crippen LogP contribution is 2.45. The first-order valence-electron chi connectivity index (χ1n) is 11.2. The molecule has 0 aliphatic carbocycles. The lowest BCUT2D eigenvalue weighted by Crippen LogP contribution is -2.64. The molecule has 3 fully saturated rings. The zero-order valence-corrected chi connectivity index (χ0v) is 17.6. The van der Waals surface area contributed by atoms with Gasteiger partial charge in [-0.05, 0) is 55.2 Å². The average Bonchev–Trinajstić information content (AvgIpc) is 3.19. The van der Waals surface area contributed by atoms with E-state index in [1.54, 1.807) is 7.11 Å². The van der Waals surface area contributed by atoms with Gasteiger partial charge in [0.2, 0.25) is 18.4 Å². The van der Waals surface area contributed by atoms with Crippen molar-refractivity contribution in [3.63, 3.8) is 0 Å².